The summed E-state index contributed by atoms with van der Waals surface area (Å²) < 4.78 is 3.37. The van der Waals surface area contributed by atoms with Gasteiger partial charge in [-0.05, 0) is 52.7 Å². The number of carbonyl (C=O) groups excluding carboxylic acids is 1. The van der Waals surface area contributed by atoms with Gasteiger partial charge in [0.05, 0.1) is 0 Å². The number of rotatable bonds is 2. The maximum atomic E-state index is 11.7. The Morgan fingerprint density at radius 2 is 1.95 bits per heavy atom. The molecular formula is C14H19Cl3NO2+. The van der Waals surface area contributed by atoms with Crippen molar-refractivity contribution in [1.29, 1.82) is 0 Å². The van der Waals surface area contributed by atoms with Gasteiger partial charge in [0.15, 0.2) is 18.2 Å². The molecule has 0 aliphatic heterocycles. The van der Waals surface area contributed by atoms with Crippen molar-refractivity contribution in [3.05, 3.63) is 29.3 Å². The summed E-state index contributed by atoms with van der Waals surface area (Å²) in [5.41, 5.74) is 2.75. The van der Waals surface area contributed by atoms with Crippen LogP contribution in [0.1, 0.15) is 31.9 Å². The highest BCUT2D eigenvalue weighted by atomic mass is 35.6. The van der Waals surface area contributed by atoms with E-state index in [0.29, 0.717) is 5.69 Å². The highest BCUT2D eigenvalue weighted by molar-refractivity contribution is 6.46. The first-order valence-corrected chi connectivity index (χ1v) is 7.28. The van der Waals surface area contributed by atoms with E-state index in [0.717, 1.165) is 11.1 Å². The van der Waals surface area contributed by atoms with E-state index < -0.39 is 9.89 Å². The number of benzene rings is 1. The first-order chi connectivity index (χ1) is 8.99. The lowest BCUT2D eigenvalue weighted by atomic mass is 9.86. The van der Waals surface area contributed by atoms with Crippen LogP contribution in [0.4, 0.5) is 10.5 Å². The van der Waals surface area contributed by atoms with Gasteiger partial charge in [0.1, 0.15) is 0 Å². The molecule has 0 bridgehead atoms. The number of halogens is 3. The lowest BCUT2D eigenvalue weighted by Gasteiger charge is -2.21. The van der Waals surface area contributed by atoms with Gasteiger partial charge in [-0.25, -0.2) is 4.79 Å². The van der Waals surface area contributed by atoms with Crippen LogP contribution in [0.2, 0.25) is 0 Å². The molecule has 1 rings (SSSR count). The fraction of sp³-hybridized carbons (Fsp3) is 0.500. The predicted octanol–water partition coefficient (Wildman–Crippen LogP) is 4.25. The number of alkyl halides is 3. The highest BCUT2D eigenvalue weighted by Crippen LogP contribution is 2.27. The number of ether oxygens (including phenoxy) is 1. The summed E-state index contributed by atoms with van der Waals surface area (Å²) in [6, 6.07) is 5.92. The summed E-state index contributed by atoms with van der Waals surface area (Å²) in [5, 5.41) is 2.67. The Morgan fingerprint density at radius 1 is 1.35 bits per heavy atom. The first kappa shape index (κ1) is 17.4. The number of hydrogen-bond acceptors (Lipinski definition) is 2. The molecule has 0 unspecified atom stereocenters. The second-order valence-electron chi connectivity index (χ2n) is 5.62. The number of carbonyl (C=O) groups is 1. The van der Waals surface area contributed by atoms with E-state index in [1.807, 2.05) is 25.1 Å². The third-order valence-corrected chi connectivity index (χ3v) is 3.05. The molecule has 20 heavy (non-hydrogen) atoms. The molecule has 0 atom stereocenters. The highest BCUT2D eigenvalue weighted by Gasteiger charge is 2.32. The van der Waals surface area contributed by atoms with E-state index >= 15 is 0 Å². The lowest BCUT2D eigenvalue weighted by Crippen LogP contribution is -2.24. The van der Waals surface area contributed by atoms with Gasteiger partial charge < -0.3 is 4.74 Å². The summed E-state index contributed by atoms with van der Waals surface area (Å²) in [6.07, 6.45) is -0.630. The quantitative estimate of drug-likeness (QED) is 0.818. The van der Waals surface area contributed by atoms with Gasteiger partial charge in [-0.3, -0.25) is 5.32 Å². The van der Waals surface area contributed by atoms with Crippen molar-refractivity contribution in [2.75, 3.05) is 11.9 Å². The molecule has 3 nitrogen and oxygen atoms in total. The van der Waals surface area contributed by atoms with Crippen LogP contribution in [0.15, 0.2) is 18.2 Å². The van der Waals surface area contributed by atoms with Crippen molar-refractivity contribution in [1.82, 2.24) is 0 Å². The van der Waals surface area contributed by atoms with Gasteiger partial charge in [0.2, 0.25) is 0 Å². The molecule has 0 fully saturated rings. The zero-order valence-corrected chi connectivity index (χ0v) is 14.2. The Labute approximate surface area is 134 Å². The Kier molecular flexibility index (Phi) is 5.59. The van der Waals surface area contributed by atoms with E-state index in [9.17, 15) is 4.79 Å². The summed E-state index contributed by atoms with van der Waals surface area (Å²) in [7, 11) is 0. The molecule has 1 N–H and O–H groups in total. The topological polar surface area (TPSA) is 38.3 Å². The second-order valence-corrected chi connectivity index (χ2v) is 8.25. The molecule has 0 aliphatic rings. The fourth-order valence-electron chi connectivity index (χ4n) is 1.52. The van der Waals surface area contributed by atoms with E-state index in [1.54, 1.807) is 0 Å². The van der Waals surface area contributed by atoms with E-state index in [-0.39, 0.29) is 12.0 Å². The molecular weight excluding hydrogens is 321 g/mol. The normalized spacial score (nSPS) is 12.2. The smallest absolute Gasteiger partial charge is 0.411 e. The first-order valence-electron chi connectivity index (χ1n) is 6.12. The zero-order valence-electron chi connectivity index (χ0n) is 11.9. The minimum Gasteiger partial charge on any atom is -0.440 e. The van der Waals surface area contributed by atoms with Crippen molar-refractivity contribution in [3.8, 4) is 0 Å². The molecule has 0 heterocycles. The van der Waals surface area contributed by atoms with Crippen LogP contribution in [0.5, 0.6) is 0 Å². The van der Waals surface area contributed by atoms with Crippen LogP contribution in [0, 0.1) is 18.5 Å². The van der Waals surface area contributed by atoms with Crippen LogP contribution in [-0.2, 0) is 10.2 Å². The third kappa shape index (κ3) is 5.78. The fourth-order valence-corrected chi connectivity index (χ4v) is 1.69. The summed E-state index contributed by atoms with van der Waals surface area (Å²) >= 11 is 15.8. The molecule has 1 aromatic carbocycles. The average molecular weight is 340 g/mol. The Hall–Kier alpha value is -0.640. The van der Waals surface area contributed by atoms with Gasteiger partial charge in [-0.1, -0.05) is 32.9 Å². The second kappa shape index (κ2) is 6.42. The van der Waals surface area contributed by atoms with Gasteiger partial charge in [0, 0.05) is 5.69 Å². The summed E-state index contributed by atoms with van der Waals surface area (Å²) in [4.78, 5) is 11.7. The molecule has 6 heteroatoms. The maximum absolute atomic E-state index is 11.7. The van der Waals surface area contributed by atoms with Gasteiger partial charge in [0.25, 0.3) is 0 Å². The summed E-state index contributed by atoms with van der Waals surface area (Å²) in [5.74, 6) is 0. The number of hydrogen-bond donors (Lipinski definition) is 1. The Balaban J connectivity index is 2.79. The molecule has 0 saturated heterocycles. The number of nitrogens with one attached hydrogen (secondary N) is 1. The van der Waals surface area contributed by atoms with E-state index in [1.165, 1.54) is 0 Å². The van der Waals surface area contributed by atoms with Crippen molar-refractivity contribution in [2.24, 2.45) is 0 Å². The molecule has 112 valence electrons. The minimum atomic E-state index is -1.50. The predicted molar refractivity (Wildman–Crippen MR) is 80.7 cm³/mol. The van der Waals surface area contributed by atoms with Crippen LogP contribution >= 0.6 is 23.2 Å². The Bertz CT molecular complexity index is 490. The molecule has 0 spiro atoms. The van der Waals surface area contributed by atoms with Gasteiger partial charge in [-0.2, -0.15) is 0 Å². The summed E-state index contributed by atoms with van der Waals surface area (Å²) in [6.45, 7) is 7.96. The molecule has 1 aromatic rings. The molecule has 1 amide bonds. The van der Waals surface area contributed by atoms with Crippen LogP contribution in [0.3, 0.4) is 0 Å². The van der Waals surface area contributed by atoms with E-state index in [4.69, 9.17) is 27.9 Å². The van der Waals surface area contributed by atoms with Crippen LogP contribution < -0.4 is 5.32 Å². The van der Waals surface area contributed by atoms with Crippen LogP contribution in [0.25, 0.3) is 0 Å². The van der Waals surface area contributed by atoms with Crippen molar-refractivity contribution in [2.45, 2.75) is 36.9 Å². The number of anilines is 1. The van der Waals surface area contributed by atoms with Crippen molar-refractivity contribution >= 4 is 35.0 Å². The monoisotopic (exact) mass is 338 g/mol. The number of aryl methyl sites for hydroxylation is 1. The Morgan fingerprint density at radius 3 is 2.45 bits per heavy atom. The van der Waals surface area contributed by atoms with Crippen molar-refractivity contribution in [3.63, 3.8) is 0 Å². The standard InChI is InChI=1S/C14H18Cl3NO2/c1-9-5-6-10(13(2,3)4)7-11(9)18-12(19)20-8-14(15,16)17/h5-7,15H,8H2,1-4H3/p+1. The molecule has 0 aromatic heterocycles. The SMILES string of the molecule is Cc1ccc(C(C)(C)C)cc1NC(=O)OCC(Cl)(Cl)[ClH+]. The van der Waals surface area contributed by atoms with Gasteiger partial charge in [-0.15, -0.1) is 0 Å². The largest absolute Gasteiger partial charge is 0.440 e. The van der Waals surface area contributed by atoms with E-state index in [2.05, 4.69) is 37.7 Å². The maximum Gasteiger partial charge on any atom is 0.411 e. The van der Waals surface area contributed by atoms with Gasteiger partial charge >= 0.3 is 9.89 Å². The number of amides is 1. The third-order valence-electron chi connectivity index (χ3n) is 2.71. The lowest BCUT2D eigenvalue weighted by molar-refractivity contribution is -0.415. The molecule has 0 radical (unpaired) electrons. The average Bonchev–Trinajstić information content (AvgIpc) is 2.27. The zero-order chi connectivity index (χ0) is 15.6. The minimum absolute atomic E-state index is 0.00388. The molecule has 0 aliphatic carbocycles. The van der Waals surface area contributed by atoms with Crippen LogP contribution in [-0.4, -0.2) is 16.5 Å². The molecule has 0 saturated carbocycles. The van der Waals surface area contributed by atoms with Crippen molar-refractivity contribution < 1.29 is 21.1 Å².